The number of hydrogen-bond donors (Lipinski definition) is 2. The van der Waals surface area contributed by atoms with Gasteiger partial charge in [0.15, 0.2) is 0 Å². The van der Waals surface area contributed by atoms with Gasteiger partial charge in [0.1, 0.15) is 12.4 Å². The summed E-state index contributed by atoms with van der Waals surface area (Å²) in [7, 11) is 0. The first kappa shape index (κ1) is 18.1. The molecule has 0 fully saturated rings. The van der Waals surface area contributed by atoms with Crippen molar-refractivity contribution >= 4 is 28.9 Å². The Morgan fingerprint density at radius 2 is 1.88 bits per heavy atom. The summed E-state index contributed by atoms with van der Waals surface area (Å²) in [6, 6.07) is 14.5. The Kier molecular flexibility index (Phi) is 7.39. The average Bonchev–Trinajstić information content (AvgIpc) is 2.57. The number of hydrogen-bond acceptors (Lipinski definition) is 4. The van der Waals surface area contributed by atoms with Crippen LogP contribution in [0.15, 0.2) is 48.5 Å². The highest BCUT2D eigenvalue weighted by molar-refractivity contribution is 6.30. The van der Waals surface area contributed by atoms with Crippen LogP contribution in [0.3, 0.4) is 0 Å². The van der Waals surface area contributed by atoms with E-state index in [-0.39, 0.29) is 12.5 Å². The maximum atomic E-state index is 12.0. The standard InChI is InChI=1S/C18H21ClN2O3/c1-2-23-9-10-24-17-8-4-7-16(12-17)21-18(22)13-20-15-6-3-5-14(19)11-15/h3-8,11-12,20H,2,9-10,13H2,1H3,(H,21,22). The van der Waals surface area contributed by atoms with Crippen LogP contribution in [0, 0.1) is 0 Å². The van der Waals surface area contributed by atoms with Gasteiger partial charge in [-0.3, -0.25) is 4.79 Å². The zero-order chi connectivity index (χ0) is 17.2. The zero-order valence-electron chi connectivity index (χ0n) is 13.5. The Morgan fingerprint density at radius 1 is 1.08 bits per heavy atom. The Labute approximate surface area is 146 Å². The first-order chi connectivity index (χ1) is 11.7. The van der Waals surface area contributed by atoms with Crippen molar-refractivity contribution < 1.29 is 14.3 Å². The fourth-order valence-electron chi connectivity index (χ4n) is 2.01. The van der Waals surface area contributed by atoms with Crippen molar-refractivity contribution in [2.45, 2.75) is 6.92 Å². The molecule has 0 saturated carbocycles. The fraction of sp³-hybridized carbons (Fsp3) is 0.278. The second kappa shape index (κ2) is 9.80. The molecule has 1 amide bonds. The predicted octanol–water partition coefficient (Wildman–Crippen LogP) is 3.81. The molecule has 2 aromatic rings. The van der Waals surface area contributed by atoms with Crippen molar-refractivity contribution in [1.29, 1.82) is 0 Å². The van der Waals surface area contributed by atoms with Gasteiger partial charge in [0.05, 0.1) is 13.2 Å². The predicted molar refractivity (Wildman–Crippen MR) is 97.0 cm³/mol. The van der Waals surface area contributed by atoms with E-state index in [0.29, 0.717) is 36.3 Å². The Morgan fingerprint density at radius 3 is 2.67 bits per heavy atom. The quantitative estimate of drug-likeness (QED) is 0.677. The van der Waals surface area contributed by atoms with Crippen LogP contribution in [0.25, 0.3) is 0 Å². The number of amides is 1. The highest BCUT2D eigenvalue weighted by Crippen LogP contribution is 2.18. The van der Waals surface area contributed by atoms with Crippen molar-refractivity contribution in [1.82, 2.24) is 0 Å². The summed E-state index contributed by atoms with van der Waals surface area (Å²) in [6.07, 6.45) is 0. The van der Waals surface area contributed by atoms with E-state index in [1.165, 1.54) is 0 Å². The zero-order valence-corrected chi connectivity index (χ0v) is 14.3. The maximum absolute atomic E-state index is 12.0. The minimum atomic E-state index is -0.151. The molecule has 2 N–H and O–H groups in total. The van der Waals surface area contributed by atoms with Gasteiger partial charge in [0.25, 0.3) is 0 Å². The number of nitrogens with one attached hydrogen (secondary N) is 2. The second-order valence-corrected chi connectivity index (χ2v) is 5.42. The van der Waals surface area contributed by atoms with Crippen LogP contribution >= 0.6 is 11.6 Å². The van der Waals surface area contributed by atoms with E-state index in [2.05, 4.69) is 10.6 Å². The molecule has 2 aromatic carbocycles. The summed E-state index contributed by atoms with van der Waals surface area (Å²) >= 11 is 5.91. The second-order valence-electron chi connectivity index (χ2n) is 4.99. The number of anilines is 2. The molecule has 0 aromatic heterocycles. The van der Waals surface area contributed by atoms with Crippen molar-refractivity contribution in [3.63, 3.8) is 0 Å². The van der Waals surface area contributed by atoms with E-state index in [0.717, 1.165) is 5.69 Å². The summed E-state index contributed by atoms with van der Waals surface area (Å²) in [4.78, 5) is 12.0. The van der Waals surface area contributed by atoms with Crippen LogP contribution < -0.4 is 15.4 Å². The van der Waals surface area contributed by atoms with Crippen molar-refractivity contribution in [2.75, 3.05) is 37.0 Å². The normalized spacial score (nSPS) is 10.2. The van der Waals surface area contributed by atoms with E-state index >= 15 is 0 Å². The number of benzene rings is 2. The fourth-order valence-corrected chi connectivity index (χ4v) is 2.20. The third-order valence-electron chi connectivity index (χ3n) is 3.10. The molecule has 0 aliphatic rings. The largest absolute Gasteiger partial charge is 0.491 e. The molecule has 128 valence electrons. The molecule has 6 heteroatoms. The Hall–Kier alpha value is -2.24. The number of halogens is 1. The lowest BCUT2D eigenvalue weighted by Crippen LogP contribution is -2.21. The number of carbonyl (C=O) groups excluding carboxylic acids is 1. The number of rotatable bonds is 9. The van der Waals surface area contributed by atoms with E-state index < -0.39 is 0 Å². The molecule has 2 rings (SSSR count). The first-order valence-corrected chi connectivity index (χ1v) is 8.15. The molecule has 0 heterocycles. The monoisotopic (exact) mass is 348 g/mol. The van der Waals surface area contributed by atoms with Gasteiger partial charge in [-0.15, -0.1) is 0 Å². The molecule has 0 bridgehead atoms. The molecule has 0 aliphatic carbocycles. The van der Waals surface area contributed by atoms with Crippen LogP contribution in [-0.4, -0.2) is 32.3 Å². The molecule has 0 spiro atoms. The lowest BCUT2D eigenvalue weighted by Gasteiger charge is -2.10. The van der Waals surface area contributed by atoms with E-state index in [1.54, 1.807) is 18.2 Å². The Balaban J connectivity index is 1.80. The van der Waals surface area contributed by atoms with Crippen LogP contribution in [-0.2, 0) is 9.53 Å². The smallest absolute Gasteiger partial charge is 0.243 e. The molecule has 0 atom stereocenters. The number of carbonyl (C=O) groups is 1. The van der Waals surface area contributed by atoms with Gasteiger partial charge < -0.3 is 20.1 Å². The topological polar surface area (TPSA) is 59.6 Å². The lowest BCUT2D eigenvalue weighted by atomic mass is 10.3. The molecule has 0 saturated heterocycles. The summed E-state index contributed by atoms with van der Waals surface area (Å²) in [5, 5.41) is 6.47. The number of ether oxygens (including phenoxy) is 2. The van der Waals surface area contributed by atoms with Gasteiger partial charge in [-0.1, -0.05) is 23.7 Å². The summed E-state index contributed by atoms with van der Waals surface area (Å²) in [5.41, 5.74) is 1.48. The first-order valence-electron chi connectivity index (χ1n) is 7.77. The third kappa shape index (κ3) is 6.48. The minimum Gasteiger partial charge on any atom is -0.491 e. The minimum absolute atomic E-state index is 0.149. The highest BCUT2D eigenvalue weighted by Gasteiger charge is 2.04. The molecule has 0 radical (unpaired) electrons. The van der Waals surface area contributed by atoms with Gasteiger partial charge in [0, 0.05) is 29.1 Å². The van der Waals surface area contributed by atoms with Gasteiger partial charge in [0.2, 0.25) is 5.91 Å². The van der Waals surface area contributed by atoms with Gasteiger partial charge in [-0.05, 0) is 37.3 Å². The third-order valence-corrected chi connectivity index (χ3v) is 3.33. The lowest BCUT2D eigenvalue weighted by molar-refractivity contribution is -0.114. The van der Waals surface area contributed by atoms with Crippen LogP contribution in [0.2, 0.25) is 5.02 Å². The van der Waals surface area contributed by atoms with Gasteiger partial charge >= 0.3 is 0 Å². The van der Waals surface area contributed by atoms with Crippen LogP contribution in [0.1, 0.15) is 6.92 Å². The van der Waals surface area contributed by atoms with E-state index in [4.69, 9.17) is 21.1 Å². The average molecular weight is 349 g/mol. The summed E-state index contributed by atoms with van der Waals surface area (Å²) < 4.78 is 10.8. The molecule has 0 unspecified atom stereocenters. The highest BCUT2D eigenvalue weighted by atomic mass is 35.5. The van der Waals surface area contributed by atoms with Crippen molar-refractivity contribution in [2.24, 2.45) is 0 Å². The van der Waals surface area contributed by atoms with Crippen LogP contribution in [0.4, 0.5) is 11.4 Å². The van der Waals surface area contributed by atoms with Gasteiger partial charge in [-0.2, -0.15) is 0 Å². The molecule has 5 nitrogen and oxygen atoms in total. The maximum Gasteiger partial charge on any atom is 0.243 e. The molecular weight excluding hydrogens is 328 g/mol. The molecule has 24 heavy (non-hydrogen) atoms. The van der Waals surface area contributed by atoms with Gasteiger partial charge in [-0.25, -0.2) is 0 Å². The Bertz CT molecular complexity index is 664. The molecule has 0 aliphatic heterocycles. The van der Waals surface area contributed by atoms with Crippen LogP contribution in [0.5, 0.6) is 5.75 Å². The SMILES string of the molecule is CCOCCOc1cccc(NC(=O)CNc2cccc(Cl)c2)c1. The van der Waals surface area contributed by atoms with E-state index in [1.807, 2.05) is 37.3 Å². The van der Waals surface area contributed by atoms with Crippen molar-refractivity contribution in [3.05, 3.63) is 53.6 Å². The summed E-state index contributed by atoms with van der Waals surface area (Å²) in [6.45, 7) is 3.76. The van der Waals surface area contributed by atoms with Crippen molar-refractivity contribution in [3.8, 4) is 5.75 Å². The summed E-state index contributed by atoms with van der Waals surface area (Å²) in [5.74, 6) is 0.539. The molecular formula is C18H21ClN2O3. The van der Waals surface area contributed by atoms with E-state index in [9.17, 15) is 4.79 Å².